The fraction of sp³-hybridized carbons (Fsp3) is 0.167. The number of benzene rings is 4. The Labute approximate surface area is 258 Å². The highest BCUT2D eigenvalue weighted by molar-refractivity contribution is 7.93. The van der Waals surface area contributed by atoms with Gasteiger partial charge in [0, 0.05) is 11.4 Å². The summed E-state index contributed by atoms with van der Waals surface area (Å²) in [5.41, 5.74) is 1.22. The predicted molar refractivity (Wildman–Crippen MR) is 164 cm³/mol. The minimum Gasteiger partial charge on any atom is -0.325 e. The van der Waals surface area contributed by atoms with Gasteiger partial charge in [-0.2, -0.15) is 13.2 Å². The number of hydrogen-bond acceptors (Lipinski definition) is 5. The number of aryl methyl sites for hydroxylation is 3. The molecule has 0 heterocycles. The summed E-state index contributed by atoms with van der Waals surface area (Å²) in [6, 6.07) is 18.9. The van der Waals surface area contributed by atoms with Crippen LogP contribution in [0.4, 0.5) is 30.2 Å². The van der Waals surface area contributed by atoms with E-state index in [0.29, 0.717) is 17.3 Å². The van der Waals surface area contributed by atoms with E-state index in [4.69, 9.17) is 11.6 Å². The Balaban J connectivity index is 1.55. The lowest BCUT2D eigenvalue weighted by molar-refractivity contribution is -0.137. The van der Waals surface area contributed by atoms with Crippen LogP contribution < -0.4 is 14.3 Å². The summed E-state index contributed by atoms with van der Waals surface area (Å²) in [5.74, 6) is -0.698. The number of hydrogen-bond donors (Lipinski definition) is 2. The van der Waals surface area contributed by atoms with Gasteiger partial charge in [0.05, 0.1) is 26.1 Å². The van der Waals surface area contributed by atoms with Crippen LogP contribution in [0.25, 0.3) is 0 Å². The Hall–Kier alpha value is -4.07. The number of nitrogens with one attached hydrogen (secondary N) is 2. The molecule has 8 nitrogen and oxygen atoms in total. The molecule has 44 heavy (non-hydrogen) atoms. The largest absolute Gasteiger partial charge is 0.417 e. The molecule has 0 saturated heterocycles. The van der Waals surface area contributed by atoms with Crippen molar-refractivity contribution in [3.63, 3.8) is 0 Å². The van der Waals surface area contributed by atoms with Crippen LogP contribution >= 0.6 is 11.6 Å². The summed E-state index contributed by atoms with van der Waals surface area (Å²) in [6.45, 7) is 4.76. The number of halogens is 4. The third-order valence-corrected chi connectivity index (χ3v) is 10.0. The molecule has 0 aliphatic heterocycles. The molecule has 4 rings (SSSR count). The van der Waals surface area contributed by atoms with Gasteiger partial charge < -0.3 is 5.32 Å². The first-order chi connectivity index (χ1) is 20.5. The summed E-state index contributed by atoms with van der Waals surface area (Å²) in [4.78, 5) is 12.8. The van der Waals surface area contributed by atoms with E-state index >= 15 is 0 Å². The molecule has 232 valence electrons. The number of nitrogens with zero attached hydrogens (tertiary/aromatic N) is 1. The van der Waals surface area contributed by atoms with Gasteiger partial charge in [-0.15, -0.1) is 0 Å². The van der Waals surface area contributed by atoms with Gasteiger partial charge >= 0.3 is 6.18 Å². The van der Waals surface area contributed by atoms with Gasteiger partial charge in [-0.05, 0) is 92.6 Å². The lowest BCUT2D eigenvalue weighted by Gasteiger charge is -2.26. The number of amides is 1. The minimum atomic E-state index is -4.79. The zero-order valence-electron chi connectivity index (χ0n) is 23.6. The van der Waals surface area contributed by atoms with Gasteiger partial charge in [-0.1, -0.05) is 41.4 Å². The normalized spacial score (nSPS) is 12.1. The van der Waals surface area contributed by atoms with E-state index in [1.54, 1.807) is 38.1 Å². The molecule has 0 aliphatic rings. The van der Waals surface area contributed by atoms with Crippen molar-refractivity contribution in [3.05, 3.63) is 112 Å². The molecule has 4 aromatic carbocycles. The summed E-state index contributed by atoms with van der Waals surface area (Å²) in [7, 11) is -8.47. The number of carbonyl (C=O) groups excluding carboxylic acids is 1. The number of sulfonamides is 2. The smallest absolute Gasteiger partial charge is 0.325 e. The number of alkyl halides is 3. The molecule has 0 spiro atoms. The SMILES string of the molecule is Cc1ccc(S(=O)(=O)N(CC(=O)Nc2ccc(S(=O)(=O)Nc3ccc(Cl)c(C(F)(F)F)c3)cc2)c2cc(C)ccc2C)cc1. The third kappa shape index (κ3) is 7.52. The van der Waals surface area contributed by atoms with Crippen LogP contribution in [0.3, 0.4) is 0 Å². The van der Waals surface area contributed by atoms with Crippen molar-refractivity contribution in [2.45, 2.75) is 36.7 Å². The topological polar surface area (TPSA) is 113 Å². The van der Waals surface area contributed by atoms with Crippen LogP contribution in [-0.2, 0) is 31.0 Å². The van der Waals surface area contributed by atoms with Crippen LogP contribution in [0.2, 0.25) is 5.02 Å². The van der Waals surface area contributed by atoms with Crippen molar-refractivity contribution in [2.75, 3.05) is 20.9 Å². The van der Waals surface area contributed by atoms with Gasteiger partial charge in [-0.25, -0.2) is 16.8 Å². The standard InChI is InChI=1S/C30H27ClF3N3O5S2/c1-19-5-11-25(12-6-19)44(41,42)37(28-16-20(2)4-7-21(28)3)18-29(38)35-22-8-13-24(14-9-22)43(39,40)36-23-10-15-27(31)26(17-23)30(32,33)34/h4-17,36H,18H2,1-3H3,(H,35,38). The van der Waals surface area contributed by atoms with E-state index in [1.165, 1.54) is 24.3 Å². The summed E-state index contributed by atoms with van der Waals surface area (Å²) >= 11 is 5.60. The predicted octanol–water partition coefficient (Wildman–Crippen LogP) is 6.92. The molecule has 0 atom stereocenters. The second-order valence-corrected chi connectivity index (χ2v) is 13.9. The van der Waals surface area contributed by atoms with Crippen LogP contribution in [0.5, 0.6) is 0 Å². The van der Waals surface area contributed by atoms with Crippen molar-refractivity contribution >= 4 is 54.6 Å². The quantitative estimate of drug-likeness (QED) is 0.202. The van der Waals surface area contributed by atoms with E-state index in [1.807, 2.05) is 13.0 Å². The first-order valence-electron chi connectivity index (χ1n) is 12.9. The molecule has 0 unspecified atom stereocenters. The van der Waals surface area contributed by atoms with Crippen molar-refractivity contribution in [2.24, 2.45) is 0 Å². The molecule has 1 amide bonds. The van der Waals surface area contributed by atoms with Crippen LogP contribution in [0.1, 0.15) is 22.3 Å². The zero-order valence-corrected chi connectivity index (χ0v) is 26.0. The Morgan fingerprint density at radius 3 is 1.95 bits per heavy atom. The average molecular weight is 666 g/mol. The Bertz CT molecular complexity index is 1920. The summed E-state index contributed by atoms with van der Waals surface area (Å²) < 4.78 is 95.7. The highest BCUT2D eigenvalue weighted by atomic mass is 35.5. The second-order valence-electron chi connectivity index (χ2n) is 9.99. The Morgan fingerprint density at radius 2 is 1.34 bits per heavy atom. The number of carbonyl (C=O) groups is 1. The van der Waals surface area contributed by atoms with E-state index in [9.17, 15) is 34.8 Å². The maximum atomic E-state index is 13.7. The van der Waals surface area contributed by atoms with E-state index < -0.39 is 49.3 Å². The van der Waals surface area contributed by atoms with Crippen LogP contribution in [-0.4, -0.2) is 29.3 Å². The molecule has 0 fully saturated rings. The van der Waals surface area contributed by atoms with Gasteiger partial charge in [-0.3, -0.25) is 13.8 Å². The molecule has 0 bridgehead atoms. The maximum absolute atomic E-state index is 13.7. The van der Waals surface area contributed by atoms with Crippen molar-refractivity contribution in [1.29, 1.82) is 0 Å². The molecule has 4 aromatic rings. The van der Waals surface area contributed by atoms with E-state index in [0.717, 1.165) is 39.7 Å². The molecule has 0 aromatic heterocycles. The van der Waals surface area contributed by atoms with Crippen molar-refractivity contribution < 1.29 is 34.8 Å². The molecule has 14 heteroatoms. The minimum absolute atomic E-state index is 0.00177. The molecule has 0 saturated carbocycles. The highest BCUT2D eigenvalue weighted by Crippen LogP contribution is 2.36. The van der Waals surface area contributed by atoms with Gasteiger partial charge in [0.15, 0.2) is 0 Å². The molecule has 0 radical (unpaired) electrons. The van der Waals surface area contributed by atoms with Crippen LogP contribution in [0.15, 0.2) is 94.7 Å². The third-order valence-electron chi connectivity index (χ3n) is 6.50. The monoisotopic (exact) mass is 665 g/mol. The van der Waals surface area contributed by atoms with E-state index in [2.05, 4.69) is 10.0 Å². The Morgan fingerprint density at radius 1 is 0.773 bits per heavy atom. The van der Waals surface area contributed by atoms with Crippen molar-refractivity contribution in [1.82, 2.24) is 0 Å². The first-order valence-corrected chi connectivity index (χ1v) is 16.2. The summed E-state index contributed by atoms with van der Waals surface area (Å²) in [6.07, 6.45) is -4.79. The fourth-order valence-corrected chi connectivity index (χ4v) is 6.95. The molecular formula is C30H27ClF3N3O5S2. The molecular weight excluding hydrogens is 639 g/mol. The lowest BCUT2D eigenvalue weighted by atomic mass is 10.1. The number of rotatable bonds is 9. The zero-order chi connectivity index (χ0) is 32.4. The van der Waals surface area contributed by atoms with E-state index in [-0.39, 0.29) is 21.2 Å². The Kier molecular flexibility index (Phi) is 9.33. The van der Waals surface area contributed by atoms with Gasteiger partial charge in [0.2, 0.25) is 5.91 Å². The maximum Gasteiger partial charge on any atom is 0.417 e. The van der Waals surface area contributed by atoms with Crippen molar-refractivity contribution in [3.8, 4) is 0 Å². The number of anilines is 3. The summed E-state index contributed by atoms with van der Waals surface area (Å²) in [5, 5.41) is 1.99. The van der Waals surface area contributed by atoms with Gasteiger partial charge in [0.1, 0.15) is 6.54 Å². The first kappa shape index (κ1) is 32.8. The van der Waals surface area contributed by atoms with Crippen LogP contribution in [0, 0.1) is 20.8 Å². The second kappa shape index (κ2) is 12.5. The molecule has 0 aliphatic carbocycles. The van der Waals surface area contributed by atoms with Gasteiger partial charge in [0.25, 0.3) is 20.0 Å². The fourth-order valence-electron chi connectivity index (χ4n) is 4.19. The highest BCUT2D eigenvalue weighted by Gasteiger charge is 2.34. The average Bonchev–Trinajstić information content (AvgIpc) is 2.94. The molecule has 2 N–H and O–H groups in total. The lowest BCUT2D eigenvalue weighted by Crippen LogP contribution is -2.38.